The van der Waals surface area contributed by atoms with E-state index in [1.165, 1.54) is 0 Å². The number of thioether (sulfide) groups is 1. The van der Waals surface area contributed by atoms with Crippen LogP contribution in [-0.4, -0.2) is 36.3 Å². The van der Waals surface area contributed by atoms with Crippen molar-refractivity contribution < 1.29 is 19.0 Å². The highest BCUT2D eigenvalue weighted by molar-refractivity contribution is 8.00. The van der Waals surface area contributed by atoms with Crippen LogP contribution >= 0.6 is 11.8 Å². The molecule has 3 atom stereocenters. The summed E-state index contributed by atoms with van der Waals surface area (Å²) in [5.41, 5.74) is 6.79. The molecule has 0 amide bonds. The van der Waals surface area contributed by atoms with E-state index in [1.54, 1.807) is 11.8 Å². The molecule has 126 valence electrons. The van der Waals surface area contributed by atoms with Gasteiger partial charge in [-0.3, -0.25) is 4.79 Å². The van der Waals surface area contributed by atoms with E-state index in [4.69, 9.17) is 19.9 Å². The molecule has 23 heavy (non-hydrogen) atoms. The number of hydrogen-bond acceptors (Lipinski definition) is 6. The summed E-state index contributed by atoms with van der Waals surface area (Å²) in [5, 5.41) is -0.0747. The van der Waals surface area contributed by atoms with E-state index < -0.39 is 5.79 Å². The third-order valence-electron chi connectivity index (χ3n) is 4.18. The van der Waals surface area contributed by atoms with E-state index in [-0.39, 0.29) is 23.2 Å². The standard InChI is InChI=1S/C17H23NO4S/c1-17(2)21-10-13(22-17)15(11-6-5-9-20-16(11)19)23-14-8-4-3-7-12(14)18/h3-4,7-8,11,13,15H,5-6,9-10,18H2,1-2H3/t11-,13+,15-/m0/s1. The molecule has 3 rings (SSSR count). The molecule has 0 aliphatic carbocycles. The van der Waals surface area contributed by atoms with Crippen LogP contribution in [0.15, 0.2) is 29.2 Å². The average Bonchev–Trinajstić information content (AvgIpc) is 2.87. The fraction of sp³-hybridized carbons (Fsp3) is 0.588. The van der Waals surface area contributed by atoms with Crippen LogP contribution in [0.25, 0.3) is 0 Å². The highest BCUT2D eigenvalue weighted by Crippen LogP contribution is 2.41. The van der Waals surface area contributed by atoms with Crippen molar-refractivity contribution in [1.29, 1.82) is 0 Å². The summed E-state index contributed by atoms with van der Waals surface area (Å²) in [6, 6.07) is 7.70. The maximum Gasteiger partial charge on any atom is 0.310 e. The largest absolute Gasteiger partial charge is 0.465 e. The van der Waals surface area contributed by atoms with E-state index in [0.717, 1.165) is 17.7 Å². The minimum Gasteiger partial charge on any atom is -0.465 e. The van der Waals surface area contributed by atoms with Gasteiger partial charge in [-0.15, -0.1) is 11.8 Å². The smallest absolute Gasteiger partial charge is 0.310 e. The van der Waals surface area contributed by atoms with Gasteiger partial charge in [0.25, 0.3) is 0 Å². The Morgan fingerprint density at radius 2 is 2.13 bits per heavy atom. The number of nitrogen functional groups attached to an aromatic ring is 1. The second kappa shape index (κ2) is 6.71. The molecular weight excluding hydrogens is 314 g/mol. The summed E-state index contributed by atoms with van der Waals surface area (Å²) >= 11 is 1.59. The normalized spacial score (nSPS) is 28.3. The van der Waals surface area contributed by atoms with Crippen LogP contribution in [0.1, 0.15) is 26.7 Å². The first-order chi connectivity index (χ1) is 11.0. The van der Waals surface area contributed by atoms with Gasteiger partial charge < -0.3 is 19.9 Å². The lowest BCUT2D eigenvalue weighted by molar-refractivity contribution is -0.157. The van der Waals surface area contributed by atoms with Gasteiger partial charge in [0.2, 0.25) is 0 Å². The van der Waals surface area contributed by atoms with Gasteiger partial charge in [0, 0.05) is 10.6 Å². The number of benzene rings is 1. The zero-order valence-electron chi connectivity index (χ0n) is 13.5. The zero-order valence-corrected chi connectivity index (χ0v) is 14.3. The first-order valence-corrected chi connectivity index (χ1v) is 8.84. The molecule has 0 radical (unpaired) electrons. The van der Waals surface area contributed by atoms with Crippen molar-refractivity contribution in [3.05, 3.63) is 24.3 Å². The molecule has 2 heterocycles. The van der Waals surface area contributed by atoms with Crippen LogP contribution in [0.3, 0.4) is 0 Å². The van der Waals surface area contributed by atoms with Crippen LogP contribution in [0.2, 0.25) is 0 Å². The minimum atomic E-state index is -0.621. The number of carbonyl (C=O) groups is 1. The molecule has 0 saturated carbocycles. The van der Waals surface area contributed by atoms with Crippen LogP contribution in [0.4, 0.5) is 5.69 Å². The molecule has 0 bridgehead atoms. The van der Waals surface area contributed by atoms with Gasteiger partial charge in [-0.25, -0.2) is 0 Å². The molecule has 1 aromatic rings. The summed E-state index contributed by atoms with van der Waals surface area (Å²) in [6.07, 6.45) is 1.53. The Balaban J connectivity index is 1.84. The van der Waals surface area contributed by atoms with Gasteiger partial charge in [-0.05, 0) is 38.8 Å². The number of cyclic esters (lactones) is 1. The van der Waals surface area contributed by atoms with Crippen molar-refractivity contribution in [2.45, 2.75) is 48.7 Å². The molecule has 6 heteroatoms. The van der Waals surface area contributed by atoms with Crippen LogP contribution in [-0.2, 0) is 19.0 Å². The van der Waals surface area contributed by atoms with E-state index >= 15 is 0 Å². The lowest BCUT2D eigenvalue weighted by Gasteiger charge is -2.32. The molecule has 5 nitrogen and oxygen atoms in total. The third-order valence-corrected chi connectivity index (χ3v) is 5.71. The number of esters is 1. The van der Waals surface area contributed by atoms with E-state index in [2.05, 4.69) is 0 Å². The summed E-state index contributed by atoms with van der Waals surface area (Å²) in [6.45, 7) is 4.77. The minimum absolute atomic E-state index is 0.0747. The summed E-state index contributed by atoms with van der Waals surface area (Å²) < 4.78 is 17.0. The van der Waals surface area contributed by atoms with Gasteiger partial charge in [0.15, 0.2) is 5.79 Å². The first-order valence-electron chi connectivity index (χ1n) is 7.96. The van der Waals surface area contributed by atoms with Gasteiger partial charge >= 0.3 is 5.97 Å². The molecule has 2 aliphatic rings. The quantitative estimate of drug-likeness (QED) is 0.517. The molecule has 0 unspecified atom stereocenters. The average molecular weight is 337 g/mol. The predicted molar refractivity (Wildman–Crippen MR) is 89.1 cm³/mol. The fourth-order valence-electron chi connectivity index (χ4n) is 3.03. The summed E-state index contributed by atoms with van der Waals surface area (Å²) in [7, 11) is 0. The third kappa shape index (κ3) is 3.82. The van der Waals surface area contributed by atoms with E-state index in [0.29, 0.717) is 18.9 Å². The van der Waals surface area contributed by atoms with Gasteiger partial charge in [0.1, 0.15) is 0 Å². The van der Waals surface area contributed by atoms with Gasteiger partial charge in [0.05, 0.1) is 30.5 Å². The van der Waals surface area contributed by atoms with Crippen LogP contribution < -0.4 is 5.73 Å². The molecular formula is C17H23NO4S. The lowest BCUT2D eigenvalue weighted by atomic mass is 9.94. The van der Waals surface area contributed by atoms with Crippen LogP contribution in [0, 0.1) is 5.92 Å². The van der Waals surface area contributed by atoms with Gasteiger partial charge in [-0.2, -0.15) is 0 Å². The highest BCUT2D eigenvalue weighted by Gasteiger charge is 2.44. The molecule has 2 N–H and O–H groups in total. The number of carbonyl (C=O) groups excluding carboxylic acids is 1. The first kappa shape index (κ1) is 16.6. The maximum absolute atomic E-state index is 12.3. The molecule has 2 saturated heterocycles. The number of hydrogen-bond donors (Lipinski definition) is 1. The molecule has 2 aliphatic heterocycles. The summed E-state index contributed by atoms with van der Waals surface area (Å²) in [5.74, 6) is -0.961. The van der Waals surface area contributed by atoms with Crippen molar-refractivity contribution in [2.75, 3.05) is 18.9 Å². The Kier molecular flexibility index (Phi) is 4.85. The second-order valence-electron chi connectivity index (χ2n) is 6.40. The molecule has 2 fully saturated rings. The Morgan fingerprint density at radius 1 is 1.35 bits per heavy atom. The lowest BCUT2D eigenvalue weighted by Crippen LogP contribution is -2.41. The SMILES string of the molecule is CC1(C)OC[C@H]([C@@H](Sc2ccccc2N)[C@@H]2CCCOC2=O)O1. The zero-order chi connectivity index (χ0) is 16.4. The number of rotatable bonds is 4. The molecule has 0 aromatic heterocycles. The van der Waals surface area contributed by atoms with Crippen molar-refractivity contribution in [1.82, 2.24) is 0 Å². The Labute approximate surface area is 140 Å². The second-order valence-corrected chi connectivity index (χ2v) is 7.62. The Bertz CT molecular complexity index is 577. The number of nitrogens with two attached hydrogens (primary N) is 1. The predicted octanol–water partition coefficient (Wildman–Crippen LogP) is 2.83. The van der Waals surface area contributed by atoms with E-state index in [9.17, 15) is 4.79 Å². The van der Waals surface area contributed by atoms with Crippen molar-refractivity contribution in [3.8, 4) is 0 Å². The molecule has 0 spiro atoms. The maximum atomic E-state index is 12.3. The fourth-order valence-corrected chi connectivity index (χ4v) is 4.38. The van der Waals surface area contributed by atoms with Crippen molar-refractivity contribution in [3.63, 3.8) is 0 Å². The van der Waals surface area contributed by atoms with Crippen LogP contribution in [0.5, 0.6) is 0 Å². The number of anilines is 1. The van der Waals surface area contributed by atoms with Crippen molar-refractivity contribution >= 4 is 23.4 Å². The summed E-state index contributed by atoms with van der Waals surface area (Å²) in [4.78, 5) is 13.2. The Hall–Kier alpha value is -1.24. The number of ether oxygens (including phenoxy) is 3. The Morgan fingerprint density at radius 3 is 2.78 bits per heavy atom. The van der Waals surface area contributed by atoms with Gasteiger partial charge in [-0.1, -0.05) is 12.1 Å². The van der Waals surface area contributed by atoms with E-state index in [1.807, 2.05) is 38.1 Å². The van der Waals surface area contributed by atoms with Crippen molar-refractivity contribution in [2.24, 2.45) is 5.92 Å². The molecule has 1 aromatic carbocycles. The monoisotopic (exact) mass is 337 g/mol. The number of para-hydroxylation sites is 1. The topological polar surface area (TPSA) is 70.8 Å². The highest BCUT2D eigenvalue weighted by atomic mass is 32.2.